The number of rotatable bonds is 13. The molecule has 6 nitrogen and oxygen atoms in total. The Morgan fingerprint density at radius 1 is 0.800 bits per heavy atom. The molecule has 0 aliphatic rings. The topological polar surface area (TPSA) is 115 Å². The van der Waals surface area contributed by atoms with Gasteiger partial charge in [0.25, 0.3) is 0 Å². The molecule has 20 heavy (non-hydrogen) atoms. The van der Waals surface area contributed by atoms with Gasteiger partial charge in [0.2, 0.25) is 0 Å². The molecule has 0 rings (SSSR count). The molecule has 2 unspecified atom stereocenters. The molecule has 2 atom stereocenters. The van der Waals surface area contributed by atoms with Crippen molar-refractivity contribution in [3.8, 4) is 0 Å². The molecule has 0 aliphatic heterocycles. The molecule has 0 aromatic heterocycles. The Labute approximate surface area is 119 Å². The van der Waals surface area contributed by atoms with Gasteiger partial charge >= 0.3 is 11.9 Å². The van der Waals surface area contributed by atoms with Crippen LogP contribution >= 0.6 is 0 Å². The van der Waals surface area contributed by atoms with E-state index in [1.54, 1.807) is 0 Å². The molecule has 4 N–H and O–H groups in total. The van der Waals surface area contributed by atoms with Crippen molar-refractivity contribution < 1.29 is 30.0 Å². The van der Waals surface area contributed by atoms with Crippen molar-refractivity contribution >= 4 is 11.9 Å². The average molecular weight is 290 g/mol. The number of carboxylic acids is 2. The highest BCUT2D eigenvalue weighted by Gasteiger charge is 2.19. The maximum absolute atomic E-state index is 10.6. The Morgan fingerprint density at radius 2 is 1.45 bits per heavy atom. The van der Waals surface area contributed by atoms with E-state index < -0.39 is 18.0 Å². The molecular weight excluding hydrogens is 264 g/mol. The van der Waals surface area contributed by atoms with Crippen LogP contribution in [-0.2, 0) is 9.59 Å². The summed E-state index contributed by atoms with van der Waals surface area (Å²) < 4.78 is 0. The van der Waals surface area contributed by atoms with Gasteiger partial charge in [0.1, 0.15) is 0 Å². The highest BCUT2D eigenvalue weighted by Crippen LogP contribution is 2.22. The second-order valence-electron chi connectivity index (χ2n) is 5.12. The van der Waals surface area contributed by atoms with Crippen molar-refractivity contribution in [1.82, 2.24) is 0 Å². The van der Waals surface area contributed by atoms with Crippen molar-refractivity contribution in [2.45, 2.75) is 63.9 Å². The molecule has 0 saturated carbocycles. The molecule has 0 aromatic rings. The minimum Gasteiger partial charge on any atom is -0.481 e. The number of carboxylic acid groups (broad SMARTS) is 2. The fraction of sp³-hybridized carbons (Fsp3) is 0.857. The number of hydrogen-bond donors (Lipinski definition) is 4. The van der Waals surface area contributed by atoms with Gasteiger partial charge in [-0.2, -0.15) is 0 Å². The van der Waals surface area contributed by atoms with Crippen LogP contribution in [0.25, 0.3) is 0 Å². The minimum absolute atomic E-state index is 0.0152. The van der Waals surface area contributed by atoms with Gasteiger partial charge in [-0.3, -0.25) is 9.59 Å². The lowest BCUT2D eigenvalue weighted by Crippen LogP contribution is -2.22. The maximum Gasteiger partial charge on any atom is 0.303 e. The summed E-state index contributed by atoms with van der Waals surface area (Å²) in [7, 11) is 0. The predicted molar refractivity (Wildman–Crippen MR) is 73.4 cm³/mol. The molecule has 0 spiro atoms. The standard InChI is InChI=1S/C14H26O6/c15-10-4-6-12(16)11(8-9-14(19)20)5-2-1-3-7-13(17)18/h11-12,15-16H,1-10H2,(H,17,18)(H,19,20). The second-order valence-corrected chi connectivity index (χ2v) is 5.12. The van der Waals surface area contributed by atoms with Crippen molar-refractivity contribution in [3.05, 3.63) is 0 Å². The fourth-order valence-electron chi connectivity index (χ4n) is 2.23. The second kappa shape index (κ2) is 11.7. The zero-order valence-electron chi connectivity index (χ0n) is 11.8. The quantitative estimate of drug-likeness (QED) is 0.383. The van der Waals surface area contributed by atoms with Gasteiger partial charge in [0, 0.05) is 19.4 Å². The fourth-order valence-corrected chi connectivity index (χ4v) is 2.23. The highest BCUT2D eigenvalue weighted by molar-refractivity contribution is 5.66. The van der Waals surface area contributed by atoms with E-state index in [1.807, 2.05) is 0 Å². The van der Waals surface area contributed by atoms with E-state index in [-0.39, 0.29) is 25.4 Å². The third kappa shape index (κ3) is 10.8. The molecule has 0 aromatic carbocycles. The van der Waals surface area contributed by atoms with Crippen molar-refractivity contribution in [3.63, 3.8) is 0 Å². The zero-order valence-corrected chi connectivity index (χ0v) is 11.8. The van der Waals surface area contributed by atoms with Crippen molar-refractivity contribution in [2.24, 2.45) is 5.92 Å². The number of aliphatic hydroxyl groups is 2. The molecule has 0 fully saturated rings. The number of aliphatic hydroxyl groups excluding tert-OH is 2. The summed E-state index contributed by atoms with van der Waals surface area (Å²) in [4.78, 5) is 21.0. The predicted octanol–water partition coefficient (Wildman–Crippen LogP) is 1.64. The first-order chi connectivity index (χ1) is 9.47. The van der Waals surface area contributed by atoms with E-state index in [0.717, 1.165) is 12.8 Å². The van der Waals surface area contributed by atoms with Crippen LogP contribution in [0, 0.1) is 5.92 Å². The van der Waals surface area contributed by atoms with Crippen LogP contribution in [-0.4, -0.2) is 45.1 Å². The molecule has 0 aliphatic carbocycles. The summed E-state index contributed by atoms with van der Waals surface area (Å²) in [5, 5.41) is 36.0. The van der Waals surface area contributed by atoms with Gasteiger partial charge in [-0.1, -0.05) is 12.8 Å². The smallest absolute Gasteiger partial charge is 0.303 e. The van der Waals surface area contributed by atoms with E-state index in [4.69, 9.17) is 15.3 Å². The van der Waals surface area contributed by atoms with Crippen LogP contribution in [0.2, 0.25) is 0 Å². The van der Waals surface area contributed by atoms with Gasteiger partial charge in [-0.05, 0) is 38.0 Å². The molecular formula is C14H26O6. The van der Waals surface area contributed by atoms with Crippen LogP contribution in [0.5, 0.6) is 0 Å². The molecule has 118 valence electrons. The first-order valence-electron chi connectivity index (χ1n) is 7.20. The van der Waals surface area contributed by atoms with Crippen LogP contribution in [0.1, 0.15) is 57.8 Å². The van der Waals surface area contributed by atoms with Gasteiger partial charge in [0.05, 0.1) is 6.10 Å². The molecule has 0 saturated heterocycles. The van der Waals surface area contributed by atoms with Gasteiger partial charge in [-0.25, -0.2) is 0 Å². The summed E-state index contributed by atoms with van der Waals surface area (Å²) in [5.74, 6) is -1.78. The van der Waals surface area contributed by atoms with Crippen LogP contribution < -0.4 is 0 Å². The Hall–Kier alpha value is -1.14. The van der Waals surface area contributed by atoms with Crippen LogP contribution in [0.15, 0.2) is 0 Å². The number of aliphatic carboxylic acids is 2. The lowest BCUT2D eigenvalue weighted by molar-refractivity contribution is -0.138. The highest BCUT2D eigenvalue weighted by atomic mass is 16.4. The maximum atomic E-state index is 10.6. The van der Waals surface area contributed by atoms with Crippen LogP contribution in [0.3, 0.4) is 0 Å². The first-order valence-corrected chi connectivity index (χ1v) is 7.20. The van der Waals surface area contributed by atoms with Crippen molar-refractivity contribution in [2.75, 3.05) is 6.61 Å². The van der Waals surface area contributed by atoms with Gasteiger partial charge < -0.3 is 20.4 Å². The summed E-state index contributed by atoms with van der Waals surface area (Å²) in [6.07, 6.45) is 3.81. The number of carbonyl (C=O) groups is 2. The minimum atomic E-state index is -0.879. The zero-order chi connectivity index (χ0) is 15.4. The SMILES string of the molecule is O=C(O)CCCCCC(CCC(=O)O)C(O)CCCO. The lowest BCUT2D eigenvalue weighted by Gasteiger charge is -2.22. The van der Waals surface area contributed by atoms with E-state index >= 15 is 0 Å². The van der Waals surface area contributed by atoms with Crippen molar-refractivity contribution in [1.29, 1.82) is 0 Å². The number of unbranched alkanes of at least 4 members (excludes halogenated alkanes) is 2. The summed E-state index contributed by atoms with van der Waals surface area (Å²) >= 11 is 0. The van der Waals surface area contributed by atoms with E-state index in [1.165, 1.54) is 0 Å². The molecule has 0 bridgehead atoms. The molecule has 6 heteroatoms. The van der Waals surface area contributed by atoms with Gasteiger partial charge in [0.15, 0.2) is 0 Å². The molecule has 0 radical (unpaired) electrons. The normalized spacial score (nSPS) is 13.9. The Bertz CT molecular complexity index is 279. The third-order valence-electron chi connectivity index (χ3n) is 3.40. The average Bonchev–Trinajstić information content (AvgIpc) is 2.38. The van der Waals surface area contributed by atoms with E-state index in [0.29, 0.717) is 32.1 Å². The summed E-state index contributed by atoms with van der Waals surface area (Å²) in [6.45, 7) is 0.0152. The van der Waals surface area contributed by atoms with Crippen LogP contribution in [0.4, 0.5) is 0 Å². The van der Waals surface area contributed by atoms with E-state index in [2.05, 4.69) is 0 Å². The number of hydrogen-bond acceptors (Lipinski definition) is 4. The molecule has 0 heterocycles. The van der Waals surface area contributed by atoms with Gasteiger partial charge in [-0.15, -0.1) is 0 Å². The monoisotopic (exact) mass is 290 g/mol. The first kappa shape index (κ1) is 18.9. The Kier molecular flexibility index (Phi) is 11.0. The summed E-state index contributed by atoms with van der Waals surface area (Å²) in [6, 6.07) is 0. The molecule has 0 amide bonds. The Morgan fingerprint density at radius 3 is 2.00 bits per heavy atom. The summed E-state index contributed by atoms with van der Waals surface area (Å²) in [5.41, 5.74) is 0. The third-order valence-corrected chi connectivity index (χ3v) is 3.40. The lowest BCUT2D eigenvalue weighted by atomic mass is 9.88. The van der Waals surface area contributed by atoms with E-state index in [9.17, 15) is 14.7 Å². The largest absolute Gasteiger partial charge is 0.481 e. The Balaban J connectivity index is 4.02.